The number of aromatic amines is 1. The molecule has 2 aromatic rings. The van der Waals surface area contributed by atoms with Gasteiger partial charge < -0.3 is 16.0 Å². The van der Waals surface area contributed by atoms with Crippen LogP contribution in [0.3, 0.4) is 0 Å². The fraction of sp³-hybridized carbons (Fsp3) is 0.385. The number of benzene rings is 1. The third kappa shape index (κ3) is 2.84. The van der Waals surface area contributed by atoms with Crippen LogP contribution in [-0.4, -0.2) is 18.1 Å². The lowest BCUT2D eigenvalue weighted by Gasteiger charge is -2.04. The summed E-state index contributed by atoms with van der Waals surface area (Å²) in [5.41, 5.74) is 7.97. The highest BCUT2D eigenvalue weighted by atomic mass is 14.8. The van der Waals surface area contributed by atoms with Gasteiger partial charge in [0.05, 0.1) is 0 Å². The zero-order valence-corrected chi connectivity index (χ0v) is 9.50. The third-order valence-corrected chi connectivity index (χ3v) is 2.76. The van der Waals surface area contributed by atoms with E-state index in [0.717, 1.165) is 32.5 Å². The molecule has 3 heteroatoms. The first-order valence-corrected chi connectivity index (χ1v) is 5.87. The number of aromatic nitrogens is 1. The van der Waals surface area contributed by atoms with Crippen LogP contribution in [0.1, 0.15) is 18.4 Å². The molecule has 0 atom stereocenters. The topological polar surface area (TPSA) is 53.8 Å². The number of rotatable bonds is 6. The lowest BCUT2D eigenvalue weighted by atomic mass is 10.1. The van der Waals surface area contributed by atoms with Crippen molar-refractivity contribution in [3.05, 3.63) is 36.0 Å². The predicted molar refractivity (Wildman–Crippen MR) is 68.3 cm³/mol. The number of hydrogen-bond donors (Lipinski definition) is 3. The minimum absolute atomic E-state index is 0.788. The highest BCUT2D eigenvalue weighted by Gasteiger charge is 1.96. The first-order valence-electron chi connectivity index (χ1n) is 5.87. The van der Waals surface area contributed by atoms with Crippen LogP contribution in [0.4, 0.5) is 0 Å². The SMILES string of the molecule is NCCCCNCc1ccc2cc[nH]c2c1. The van der Waals surface area contributed by atoms with Crippen molar-refractivity contribution in [1.29, 1.82) is 0 Å². The molecule has 0 aliphatic rings. The minimum Gasteiger partial charge on any atom is -0.361 e. The molecule has 16 heavy (non-hydrogen) atoms. The molecule has 1 aromatic carbocycles. The Bertz CT molecular complexity index is 433. The molecule has 0 bridgehead atoms. The number of H-pyrrole nitrogens is 1. The maximum atomic E-state index is 5.44. The van der Waals surface area contributed by atoms with Gasteiger partial charge in [-0.15, -0.1) is 0 Å². The zero-order valence-electron chi connectivity index (χ0n) is 9.50. The molecule has 0 saturated carbocycles. The molecule has 0 amide bonds. The average Bonchev–Trinajstić information content (AvgIpc) is 2.76. The maximum absolute atomic E-state index is 5.44. The van der Waals surface area contributed by atoms with Crippen LogP contribution >= 0.6 is 0 Å². The summed E-state index contributed by atoms with van der Waals surface area (Å²) in [6.07, 6.45) is 4.23. The fourth-order valence-electron chi connectivity index (χ4n) is 1.83. The van der Waals surface area contributed by atoms with E-state index in [1.54, 1.807) is 0 Å². The molecule has 0 unspecified atom stereocenters. The van der Waals surface area contributed by atoms with Crippen molar-refractivity contribution in [2.75, 3.05) is 13.1 Å². The molecular formula is C13H19N3. The van der Waals surface area contributed by atoms with Crippen LogP contribution in [-0.2, 0) is 6.54 Å². The number of nitrogens with one attached hydrogen (secondary N) is 2. The lowest BCUT2D eigenvalue weighted by molar-refractivity contribution is 0.628. The summed E-state index contributed by atoms with van der Waals surface area (Å²) in [7, 11) is 0. The van der Waals surface area contributed by atoms with E-state index in [1.807, 2.05) is 6.20 Å². The van der Waals surface area contributed by atoms with Gasteiger partial charge in [-0.2, -0.15) is 0 Å². The van der Waals surface area contributed by atoms with Crippen molar-refractivity contribution in [3.63, 3.8) is 0 Å². The summed E-state index contributed by atoms with van der Waals surface area (Å²) in [4.78, 5) is 3.23. The van der Waals surface area contributed by atoms with Crippen LogP contribution in [0, 0.1) is 0 Å². The number of hydrogen-bond acceptors (Lipinski definition) is 2. The van der Waals surface area contributed by atoms with Gasteiger partial charge in [0.2, 0.25) is 0 Å². The van der Waals surface area contributed by atoms with Gasteiger partial charge in [0.1, 0.15) is 0 Å². The second kappa shape index (κ2) is 5.68. The second-order valence-electron chi connectivity index (χ2n) is 4.07. The van der Waals surface area contributed by atoms with Crippen molar-refractivity contribution >= 4 is 10.9 Å². The van der Waals surface area contributed by atoms with Gasteiger partial charge in [0.25, 0.3) is 0 Å². The van der Waals surface area contributed by atoms with Gasteiger partial charge in [0, 0.05) is 18.3 Å². The first-order chi connectivity index (χ1) is 7.90. The van der Waals surface area contributed by atoms with E-state index in [1.165, 1.54) is 16.5 Å². The Kier molecular flexibility index (Phi) is 3.97. The predicted octanol–water partition coefficient (Wildman–Crippen LogP) is 2.00. The molecule has 86 valence electrons. The summed E-state index contributed by atoms with van der Waals surface area (Å²) in [5, 5.41) is 4.69. The molecule has 1 aromatic heterocycles. The van der Waals surface area contributed by atoms with Gasteiger partial charge in [-0.1, -0.05) is 12.1 Å². The number of nitrogens with two attached hydrogens (primary N) is 1. The normalized spacial score (nSPS) is 11.1. The monoisotopic (exact) mass is 217 g/mol. The van der Waals surface area contributed by atoms with Crippen LogP contribution < -0.4 is 11.1 Å². The highest BCUT2D eigenvalue weighted by molar-refractivity contribution is 5.79. The Morgan fingerprint density at radius 1 is 1.19 bits per heavy atom. The van der Waals surface area contributed by atoms with Crippen LogP contribution in [0.15, 0.2) is 30.5 Å². The Morgan fingerprint density at radius 3 is 3.00 bits per heavy atom. The molecule has 0 saturated heterocycles. The Morgan fingerprint density at radius 2 is 2.12 bits per heavy atom. The van der Waals surface area contributed by atoms with E-state index in [9.17, 15) is 0 Å². The average molecular weight is 217 g/mol. The Hall–Kier alpha value is -1.32. The number of fused-ring (bicyclic) bond motifs is 1. The summed E-state index contributed by atoms with van der Waals surface area (Å²) >= 11 is 0. The molecule has 3 nitrogen and oxygen atoms in total. The van der Waals surface area contributed by atoms with Crippen molar-refractivity contribution in [2.45, 2.75) is 19.4 Å². The second-order valence-corrected chi connectivity index (χ2v) is 4.07. The van der Waals surface area contributed by atoms with Gasteiger partial charge in [-0.25, -0.2) is 0 Å². The van der Waals surface area contributed by atoms with Crippen molar-refractivity contribution in [2.24, 2.45) is 5.73 Å². The van der Waals surface area contributed by atoms with Crippen LogP contribution in [0.25, 0.3) is 10.9 Å². The molecule has 0 spiro atoms. The van der Waals surface area contributed by atoms with Crippen molar-refractivity contribution in [1.82, 2.24) is 10.3 Å². The molecule has 0 aliphatic heterocycles. The van der Waals surface area contributed by atoms with E-state index in [-0.39, 0.29) is 0 Å². The molecular weight excluding hydrogens is 198 g/mol. The van der Waals surface area contributed by atoms with E-state index < -0.39 is 0 Å². The van der Waals surface area contributed by atoms with E-state index in [0.29, 0.717) is 0 Å². The van der Waals surface area contributed by atoms with E-state index in [2.05, 4.69) is 34.6 Å². The zero-order chi connectivity index (χ0) is 11.2. The standard InChI is InChI=1S/C13H19N3/c14-6-1-2-7-15-10-11-3-4-12-5-8-16-13(12)9-11/h3-5,8-9,15-16H,1-2,6-7,10,14H2. The minimum atomic E-state index is 0.788. The maximum Gasteiger partial charge on any atom is 0.0457 e. The van der Waals surface area contributed by atoms with Crippen LogP contribution in [0.5, 0.6) is 0 Å². The molecule has 4 N–H and O–H groups in total. The molecule has 2 rings (SSSR count). The van der Waals surface area contributed by atoms with Gasteiger partial charge in [-0.3, -0.25) is 0 Å². The summed E-state index contributed by atoms with van der Waals surface area (Å²) < 4.78 is 0. The summed E-state index contributed by atoms with van der Waals surface area (Å²) in [6, 6.07) is 8.62. The summed E-state index contributed by atoms with van der Waals surface area (Å²) in [5.74, 6) is 0. The van der Waals surface area contributed by atoms with Crippen molar-refractivity contribution in [3.8, 4) is 0 Å². The quantitative estimate of drug-likeness (QED) is 0.648. The number of unbranched alkanes of at least 4 members (excludes halogenated alkanes) is 1. The van der Waals surface area contributed by atoms with E-state index in [4.69, 9.17) is 5.73 Å². The van der Waals surface area contributed by atoms with Crippen LogP contribution in [0.2, 0.25) is 0 Å². The Labute approximate surface area is 96.0 Å². The van der Waals surface area contributed by atoms with Gasteiger partial charge in [0.15, 0.2) is 0 Å². The largest absolute Gasteiger partial charge is 0.361 e. The molecule has 0 radical (unpaired) electrons. The molecule has 1 heterocycles. The Balaban J connectivity index is 1.84. The van der Waals surface area contributed by atoms with Gasteiger partial charge in [-0.05, 0) is 49.0 Å². The molecule has 0 fully saturated rings. The van der Waals surface area contributed by atoms with Crippen molar-refractivity contribution < 1.29 is 0 Å². The fourth-order valence-corrected chi connectivity index (χ4v) is 1.83. The van der Waals surface area contributed by atoms with E-state index >= 15 is 0 Å². The first kappa shape index (κ1) is 11.2. The third-order valence-electron chi connectivity index (χ3n) is 2.76. The lowest BCUT2D eigenvalue weighted by Crippen LogP contribution is -2.15. The molecule has 0 aliphatic carbocycles. The summed E-state index contributed by atoms with van der Waals surface area (Å²) in [6.45, 7) is 2.76. The van der Waals surface area contributed by atoms with Gasteiger partial charge >= 0.3 is 0 Å². The highest BCUT2D eigenvalue weighted by Crippen LogP contribution is 2.13. The smallest absolute Gasteiger partial charge is 0.0457 e.